The van der Waals surface area contributed by atoms with Crippen molar-refractivity contribution in [3.05, 3.63) is 0 Å². The van der Waals surface area contributed by atoms with E-state index in [0.717, 1.165) is 32.4 Å². The van der Waals surface area contributed by atoms with Crippen LogP contribution in [0.4, 0.5) is 0 Å². The van der Waals surface area contributed by atoms with E-state index in [2.05, 4.69) is 17.1 Å². The van der Waals surface area contributed by atoms with Gasteiger partial charge in [-0.1, -0.05) is 19.8 Å². The van der Waals surface area contributed by atoms with E-state index in [4.69, 9.17) is 5.73 Å². The SMILES string of the molecule is CC1CCC(C(=O)NCCN2CCCCCC2)CC1N. The third kappa shape index (κ3) is 4.74. The minimum atomic E-state index is 0.144. The number of carbonyl (C=O) groups excluding carboxylic acids is 1. The van der Waals surface area contributed by atoms with Gasteiger partial charge in [0.1, 0.15) is 0 Å². The summed E-state index contributed by atoms with van der Waals surface area (Å²) in [7, 11) is 0. The number of nitrogens with two attached hydrogens (primary N) is 1. The molecule has 1 saturated heterocycles. The average Bonchev–Trinajstić information content (AvgIpc) is 2.70. The number of carbonyl (C=O) groups is 1. The fourth-order valence-corrected chi connectivity index (χ4v) is 3.44. The molecule has 1 aliphatic heterocycles. The largest absolute Gasteiger partial charge is 0.355 e. The molecular formula is C16H31N3O. The zero-order chi connectivity index (χ0) is 14.4. The fourth-order valence-electron chi connectivity index (χ4n) is 3.44. The van der Waals surface area contributed by atoms with Gasteiger partial charge in [0.05, 0.1) is 0 Å². The van der Waals surface area contributed by atoms with Gasteiger partial charge < -0.3 is 16.0 Å². The molecular weight excluding hydrogens is 250 g/mol. The van der Waals surface area contributed by atoms with Crippen LogP contribution in [0.15, 0.2) is 0 Å². The Hall–Kier alpha value is -0.610. The Morgan fingerprint density at radius 2 is 1.90 bits per heavy atom. The van der Waals surface area contributed by atoms with Crippen LogP contribution in [0.3, 0.4) is 0 Å². The molecule has 0 aromatic carbocycles. The van der Waals surface area contributed by atoms with Gasteiger partial charge in [-0.25, -0.2) is 0 Å². The second-order valence-corrected chi connectivity index (χ2v) is 6.70. The molecule has 0 aromatic rings. The van der Waals surface area contributed by atoms with Crippen molar-refractivity contribution in [2.24, 2.45) is 17.6 Å². The van der Waals surface area contributed by atoms with Crippen molar-refractivity contribution in [1.82, 2.24) is 10.2 Å². The van der Waals surface area contributed by atoms with Crippen LogP contribution in [-0.4, -0.2) is 43.0 Å². The fraction of sp³-hybridized carbons (Fsp3) is 0.938. The van der Waals surface area contributed by atoms with Crippen molar-refractivity contribution in [3.8, 4) is 0 Å². The summed E-state index contributed by atoms with van der Waals surface area (Å²) >= 11 is 0. The third-order valence-electron chi connectivity index (χ3n) is 5.05. The molecule has 116 valence electrons. The molecule has 0 aromatic heterocycles. The van der Waals surface area contributed by atoms with Gasteiger partial charge in [0, 0.05) is 25.0 Å². The van der Waals surface area contributed by atoms with Crippen molar-refractivity contribution in [2.75, 3.05) is 26.2 Å². The second kappa shape index (κ2) is 7.99. The highest BCUT2D eigenvalue weighted by atomic mass is 16.1. The maximum atomic E-state index is 12.2. The van der Waals surface area contributed by atoms with Gasteiger partial charge in [-0.05, 0) is 51.1 Å². The van der Waals surface area contributed by atoms with Gasteiger partial charge in [0.25, 0.3) is 0 Å². The van der Waals surface area contributed by atoms with Crippen LogP contribution in [0, 0.1) is 11.8 Å². The van der Waals surface area contributed by atoms with Crippen LogP contribution in [0.25, 0.3) is 0 Å². The summed E-state index contributed by atoms with van der Waals surface area (Å²) < 4.78 is 0. The lowest BCUT2D eigenvalue weighted by Crippen LogP contribution is -2.43. The van der Waals surface area contributed by atoms with Gasteiger partial charge in [0.2, 0.25) is 5.91 Å². The summed E-state index contributed by atoms with van der Waals surface area (Å²) in [5, 5.41) is 3.12. The number of nitrogens with zero attached hydrogens (tertiary/aromatic N) is 1. The van der Waals surface area contributed by atoms with Gasteiger partial charge >= 0.3 is 0 Å². The molecule has 1 aliphatic carbocycles. The summed E-state index contributed by atoms with van der Waals surface area (Å²) in [5.41, 5.74) is 6.08. The molecule has 0 spiro atoms. The molecule has 3 N–H and O–H groups in total. The van der Waals surface area contributed by atoms with Crippen LogP contribution in [0.2, 0.25) is 0 Å². The zero-order valence-electron chi connectivity index (χ0n) is 12.9. The summed E-state index contributed by atoms with van der Waals surface area (Å²) in [6.45, 7) is 6.38. The topological polar surface area (TPSA) is 58.4 Å². The first-order valence-corrected chi connectivity index (χ1v) is 8.42. The molecule has 2 rings (SSSR count). The molecule has 0 radical (unpaired) electrons. The molecule has 2 fully saturated rings. The van der Waals surface area contributed by atoms with Crippen molar-refractivity contribution in [2.45, 2.75) is 57.9 Å². The van der Waals surface area contributed by atoms with Crippen LogP contribution in [0.1, 0.15) is 51.9 Å². The standard InChI is InChI=1S/C16H31N3O/c1-13-6-7-14(12-15(13)17)16(20)18-8-11-19-9-4-2-3-5-10-19/h13-15H,2-12,17H2,1H3,(H,18,20). The van der Waals surface area contributed by atoms with E-state index in [0.29, 0.717) is 5.92 Å². The van der Waals surface area contributed by atoms with E-state index in [1.807, 2.05) is 0 Å². The van der Waals surface area contributed by atoms with Crippen molar-refractivity contribution < 1.29 is 4.79 Å². The highest BCUT2D eigenvalue weighted by Gasteiger charge is 2.29. The molecule has 0 bridgehead atoms. The van der Waals surface area contributed by atoms with E-state index < -0.39 is 0 Å². The summed E-state index contributed by atoms with van der Waals surface area (Å²) in [4.78, 5) is 14.7. The van der Waals surface area contributed by atoms with Crippen molar-refractivity contribution in [3.63, 3.8) is 0 Å². The van der Waals surface area contributed by atoms with Gasteiger partial charge in [0.15, 0.2) is 0 Å². The Bertz CT molecular complexity index is 300. The minimum Gasteiger partial charge on any atom is -0.355 e. The number of nitrogens with one attached hydrogen (secondary N) is 1. The van der Waals surface area contributed by atoms with Crippen LogP contribution in [0.5, 0.6) is 0 Å². The van der Waals surface area contributed by atoms with E-state index in [1.54, 1.807) is 0 Å². The Kier molecular flexibility index (Phi) is 6.30. The van der Waals surface area contributed by atoms with Gasteiger partial charge in [-0.2, -0.15) is 0 Å². The molecule has 20 heavy (non-hydrogen) atoms. The first-order chi connectivity index (χ1) is 9.66. The summed E-state index contributed by atoms with van der Waals surface area (Å²) in [6.07, 6.45) is 8.29. The van der Waals surface area contributed by atoms with Crippen molar-refractivity contribution >= 4 is 5.91 Å². The summed E-state index contributed by atoms with van der Waals surface area (Å²) in [5.74, 6) is 0.934. The number of hydrogen-bond acceptors (Lipinski definition) is 3. The first kappa shape index (κ1) is 15.8. The average molecular weight is 281 g/mol. The van der Waals surface area contributed by atoms with E-state index in [9.17, 15) is 4.79 Å². The molecule has 3 unspecified atom stereocenters. The molecule has 4 nitrogen and oxygen atoms in total. The Labute approximate surface area is 123 Å². The lowest BCUT2D eigenvalue weighted by Gasteiger charge is -2.31. The quantitative estimate of drug-likeness (QED) is 0.825. The zero-order valence-corrected chi connectivity index (χ0v) is 12.9. The van der Waals surface area contributed by atoms with Crippen LogP contribution in [-0.2, 0) is 4.79 Å². The second-order valence-electron chi connectivity index (χ2n) is 6.70. The molecule has 4 heteroatoms. The molecule has 3 atom stereocenters. The van der Waals surface area contributed by atoms with Gasteiger partial charge in [-0.3, -0.25) is 4.79 Å². The number of likely N-dealkylation sites (tertiary alicyclic amines) is 1. The Balaban J connectivity index is 1.64. The molecule has 1 saturated carbocycles. The molecule has 1 amide bonds. The van der Waals surface area contributed by atoms with E-state index >= 15 is 0 Å². The van der Waals surface area contributed by atoms with E-state index in [-0.39, 0.29) is 17.9 Å². The number of amides is 1. The monoisotopic (exact) mass is 281 g/mol. The summed E-state index contributed by atoms with van der Waals surface area (Å²) in [6, 6.07) is 0.199. The lowest BCUT2D eigenvalue weighted by atomic mass is 9.79. The lowest BCUT2D eigenvalue weighted by molar-refractivity contribution is -0.126. The predicted octanol–water partition coefficient (Wildman–Crippen LogP) is 1.74. The first-order valence-electron chi connectivity index (χ1n) is 8.42. The number of rotatable bonds is 4. The Morgan fingerprint density at radius 1 is 1.20 bits per heavy atom. The Morgan fingerprint density at radius 3 is 2.55 bits per heavy atom. The highest BCUT2D eigenvalue weighted by molar-refractivity contribution is 5.78. The smallest absolute Gasteiger partial charge is 0.223 e. The highest BCUT2D eigenvalue weighted by Crippen LogP contribution is 2.27. The van der Waals surface area contributed by atoms with Crippen LogP contribution < -0.4 is 11.1 Å². The molecule has 2 aliphatic rings. The molecule has 1 heterocycles. The maximum absolute atomic E-state index is 12.2. The maximum Gasteiger partial charge on any atom is 0.223 e. The third-order valence-corrected chi connectivity index (χ3v) is 5.05. The van der Waals surface area contributed by atoms with Crippen LogP contribution >= 0.6 is 0 Å². The van der Waals surface area contributed by atoms with Crippen molar-refractivity contribution in [1.29, 1.82) is 0 Å². The predicted molar refractivity (Wildman–Crippen MR) is 82.4 cm³/mol. The van der Waals surface area contributed by atoms with Gasteiger partial charge in [-0.15, -0.1) is 0 Å². The normalized spacial score (nSPS) is 32.6. The van der Waals surface area contributed by atoms with E-state index in [1.165, 1.54) is 38.8 Å². The number of hydrogen-bond donors (Lipinski definition) is 2. The minimum absolute atomic E-state index is 0.144.